The van der Waals surface area contributed by atoms with Crippen molar-refractivity contribution in [2.75, 3.05) is 44.7 Å². The normalized spacial score (nSPS) is 14.6. The third-order valence-corrected chi connectivity index (χ3v) is 5.40. The van der Waals surface area contributed by atoms with E-state index in [1.165, 1.54) is 24.7 Å². The van der Waals surface area contributed by atoms with Gasteiger partial charge in [0.15, 0.2) is 17.5 Å². The zero-order valence-corrected chi connectivity index (χ0v) is 20.2. The molecule has 0 unspecified atom stereocenters. The maximum Gasteiger partial charge on any atom is 0.205 e. The number of hydrogen-bond donors (Lipinski definition) is 1. The number of aliphatic imine (C=N–C) groups is 1. The summed E-state index contributed by atoms with van der Waals surface area (Å²) in [6.45, 7) is 8.77. The number of ether oxygens (including phenoxy) is 1. The molecule has 1 N–H and O–H groups in total. The molecule has 160 valence electrons. The Hall–Kier alpha value is -1.69. The molecule has 1 aromatic carbocycles. The van der Waals surface area contributed by atoms with Gasteiger partial charge in [0.25, 0.3) is 0 Å². The molecule has 1 saturated heterocycles. The number of nitrogens with zero attached hydrogens (tertiary/aromatic N) is 5. The first-order valence-electron chi connectivity index (χ1n) is 9.57. The number of aromatic nitrogens is 2. The van der Waals surface area contributed by atoms with Crippen molar-refractivity contribution in [2.24, 2.45) is 4.99 Å². The van der Waals surface area contributed by atoms with Crippen LogP contribution in [0, 0.1) is 5.82 Å². The fourth-order valence-corrected chi connectivity index (χ4v) is 3.83. The predicted octanol–water partition coefficient (Wildman–Crippen LogP) is 3.15. The summed E-state index contributed by atoms with van der Waals surface area (Å²) < 4.78 is 23.2. The molecule has 0 atom stereocenters. The Morgan fingerprint density at radius 1 is 1.28 bits per heavy atom. The third kappa shape index (κ3) is 6.14. The van der Waals surface area contributed by atoms with Gasteiger partial charge in [0.2, 0.25) is 5.13 Å². The monoisotopic (exact) mass is 534 g/mol. The van der Waals surface area contributed by atoms with Gasteiger partial charge in [-0.15, -0.1) is 24.0 Å². The average molecular weight is 534 g/mol. The van der Waals surface area contributed by atoms with Crippen LogP contribution >= 0.6 is 35.5 Å². The average Bonchev–Trinajstić information content (AvgIpc) is 3.21. The van der Waals surface area contributed by atoms with Gasteiger partial charge in [0.1, 0.15) is 5.82 Å². The lowest BCUT2D eigenvalue weighted by Gasteiger charge is -2.36. The minimum absolute atomic E-state index is 0. The summed E-state index contributed by atoms with van der Waals surface area (Å²) in [5, 5.41) is 4.33. The summed E-state index contributed by atoms with van der Waals surface area (Å²) in [4.78, 5) is 13.8. The van der Waals surface area contributed by atoms with Crippen LogP contribution in [0.25, 0.3) is 0 Å². The first kappa shape index (κ1) is 23.6. The number of guanidine groups is 1. The lowest BCUT2D eigenvalue weighted by atomic mass is 10.2. The molecule has 0 bridgehead atoms. The molecular formula is C19H28FIN6OS. The van der Waals surface area contributed by atoms with Crippen molar-refractivity contribution in [1.29, 1.82) is 0 Å². The number of piperazine rings is 1. The molecule has 1 aliphatic rings. The van der Waals surface area contributed by atoms with Crippen LogP contribution in [-0.2, 0) is 13.0 Å². The van der Waals surface area contributed by atoms with Gasteiger partial charge >= 0.3 is 0 Å². The molecule has 1 fully saturated rings. The summed E-state index contributed by atoms with van der Waals surface area (Å²) in [7, 11) is 1.46. The second kappa shape index (κ2) is 11.5. The summed E-state index contributed by atoms with van der Waals surface area (Å²) in [6.07, 6.45) is 0.861. The number of anilines is 1. The molecule has 7 nitrogen and oxygen atoms in total. The topological polar surface area (TPSA) is 65.9 Å². The first-order chi connectivity index (χ1) is 13.6. The van der Waals surface area contributed by atoms with E-state index in [0.29, 0.717) is 6.54 Å². The van der Waals surface area contributed by atoms with E-state index in [4.69, 9.17) is 9.73 Å². The fourth-order valence-electron chi connectivity index (χ4n) is 3.03. The molecule has 10 heteroatoms. The SMILES string of the molecule is CCNC(=NCc1ccc(OC)c(F)c1)N1CCN(c2nc(CC)ns2)CC1.I. The maximum atomic E-state index is 13.9. The van der Waals surface area contributed by atoms with Crippen LogP contribution in [0.2, 0.25) is 0 Å². The van der Waals surface area contributed by atoms with Gasteiger partial charge in [-0.1, -0.05) is 13.0 Å². The van der Waals surface area contributed by atoms with Crippen LogP contribution in [0.5, 0.6) is 5.75 Å². The second-order valence-electron chi connectivity index (χ2n) is 6.46. The van der Waals surface area contributed by atoms with Gasteiger partial charge < -0.3 is 19.9 Å². The fraction of sp³-hybridized carbons (Fsp3) is 0.526. The molecule has 2 aromatic rings. The minimum Gasteiger partial charge on any atom is -0.494 e. The number of methoxy groups -OCH3 is 1. The predicted molar refractivity (Wildman–Crippen MR) is 126 cm³/mol. The van der Waals surface area contributed by atoms with Crippen LogP contribution in [0.15, 0.2) is 23.2 Å². The molecule has 0 aliphatic carbocycles. The highest BCUT2D eigenvalue weighted by Gasteiger charge is 2.22. The number of aryl methyl sites for hydroxylation is 1. The van der Waals surface area contributed by atoms with Gasteiger partial charge in [-0.2, -0.15) is 4.37 Å². The van der Waals surface area contributed by atoms with Crippen molar-refractivity contribution < 1.29 is 9.13 Å². The largest absolute Gasteiger partial charge is 0.494 e. The lowest BCUT2D eigenvalue weighted by Crippen LogP contribution is -2.52. The molecule has 1 aromatic heterocycles. The summed E-state index contributed by atoms with van der Waals surface area (Å²) >= 11 is 1.47. The van der Waals surface area contributed by atoms with Crippen molar-refractivity contribution in [3.05, 3.63) is 35.4 Å². The van der Waals surface area contributed by atoms with Crippen molar-refractivity contribution in [3.8, 4) is 5.75 Å². The Labute approximate surface area is 192 Å². The zero-order chi connectivity index (χ0) is 19.9. The molecule has 29 heavy (non-hydrogen) atoms. The molecule has 0 spiro atoms. The molecule has 0 saturated carbocycles. The lowest BCUT2D eigenvalue weighted by molar-refractivity contribution is 0.372. The minimum atomic E-state index is -0.364. The van der Waals surface area contributed by atoms with E-state index in [-0.39, 0.29) is 35.5 Å². The van der Waals surface area contributed by atoms with Crippen LogP contribution < -0.4 is 15.0 Å². The number of halogens is 2. The van der Waals surface area contributed by atoms with E-state index in [9.17, 15) is 4.39 Å². The highest BCUT2D eigenvalue weighted by atomic mass is 127. The van der Waals surface area contributed by atoms with Crippen molar-refractivity contribution in [2.45, 2.75) is 26.8 Å². The van der Waals surface area contributed by atoms with Gasteiger partial charge in [-0.25, -0.2) is 14.4 Å². The molecular weight excluding hydrogens is 506 g/mol. The number of benzene rings is 1. The highest BCUT2D eigenvalue weighted by Crippen LogP contribution is 2.20. The van der Waals surface area contributed by atoms with E-state index in [2.05, 4.69) is 31.4 Å². The van der Waals surface area contributed by atoms with E-state index in [1.54, 1.807) is 6.07 Å². The smallest absolute Gasteiger partial charge is 0.205 e. The molecule has 0 amide bonds. The van der Waals surface area contributed by atoms with E-state index in [0.717, 1.165) is 61.6 Å². The molecule has 0 radical (unpaired) electrons. The summed E-state index contributed by atoms with van der Waals surface area (Å²) in [5.41, 5.74) is 0.813. The molecule has 2 heterocycles. The Morgan fingerprint density at radius 2 is 2.03 bits per heavy atom. The molecule has 3 rings (SSSR count). The highest BCUT2D eigenvalue weighted by molar-refractivity contribution is 14.0. The zero-order valence-electron chi connectivity index (χ0n) is 17.0. The van der Waals surface area contributed by atoms with Gasteiger partial charge in [-0.05, 0) is 24.6 Å². The van der Waals surface area contributed by atoms with Crippen molar-refractivity contribution >= 4 is 46.6 Å². The van der Waals surface area contributed by atoms with Crippen molar-refractivity contribution in [3.63, 3.8) is 0 Å². The Bertz CT molecular complexity index is 810. The van der Waals surface area contributed by atoms with Gasteiger partial charge in [0.05, 0.1) is 13.7 Å². The summed E-state index contributed by atoms with van der Waals surface area (Å²) in [5.74, 6) is 1.64. The Morgan fingerprint density at radius 3 is 2.62 bits per heavy atom. The number of nitrogens with one attached hydrogen (secondary N) is 1. The Balaban J connectivity index is 0.00000300. The van der Waals surface area contributed by atoms with Gasteiger partial charge in [-0.3, -0.25) is 0 Å². The number of hydrogen-bond acceptors (Lipinski definition) is 6. The van der Waals surface area contributed by atoms with Crippen LogP contribution in [0.3, 0.4) is 0 Å². The van der Waals surface area contributed by atoms with E-state index >= 15 is 0 Å². The van der Waals surface area contributed by atoms with Gasteiger partial charge in [0, 0.05) is 50.7 Å². The van der Waals surface area contributed by atoms with Crippen LogP contribution in [0.1, 0.15) is 25.2 Å². The second-order valence-corrected chi connectivity index (χ2v) is 7.19. The molecule has 1 aliphatic heterocycles. The van der Waals surface area contributed by atoms with E-state index in [1.807, 2.05) is 13.0 Å². The van der Waals surface area contributed by atoms with Crippen LogP contribution in [0.4, 0.5) is 9.52 Å². The van der Waals surface area contributed by atoms with Crippen LogP contribution in [-0.4, -0.2) is 60.1 Å². The standard InChI is InChI=1S/C19H27FN6OS.HI/c1-4-17-23-19(28-24-17)26-10-8-25(9-11-26)18(21-5-2)22-13-14-6-7-16(27-3)15(20)12-14;/h6-7,12H,4-5,8-11,13H2,1-3H3,(H,21,22);1H. The van der Waals surface area contributed by atoms with Crippen molar-refractivity contribution in [1.82, 2.24) is 19.6 Å². The quantitative estimate of drug-likeness (QED) is 0.349. The first-order valence-corrected chi connectivity index (χ1v) is 10.3. The maximum absolute atomic E-state index is 13.9. The Kier molecular flexibility index (Phi) is 9.34. The number of rotatable bonds is 6. The third-order valence-electron chi connectivity index (χ3n) is 4.59. The van der Waals surface area contributed by atoms with E-state index < -0.39 is 0 Å². The summed E-state index contributed by atoms with van der Waals surface area (Å²) in [6, 6.07) is 4.96.